The molecule has 1 aromatic carbocycles. The number of hydrogen-bond donors (Lipinski definition) is 0. The highest BCUT2D eigenvalue weighted by Crippen LogP contribution is 2.25. The van der Waals surface area contributed by atoms with E-state index in [-0.39, 0.29) is 5.56 Å². The van der Waals surface area contributed by atoms with Crippen LogP contribution in [0.1, 0.15) is 16.1 Å². The minimum atomic E-state index is -0.492. The van der Waals surface area contributed by atoms with Crippen molar-refractivity contribution in [2.24, 2.45) is 0 Å². The Labute approximate surface area is 90.5 Å². The lowest BCUT2D eigenvalue weighted by atomic mass is 10.1. The first-order valence-corrected chi connectivity index (χ1v) is 5.16. The molecule has 0 aliphatic rings. The molecule has 0 aliphatic carbocycles. The highest BCUT2D eigenvalue weighted by molar-refractivity contribution is 7.09. The van der Waals surface area contributed by atoms with Gasteiger partial charge in [-0.1, -0.05) is 6.07 Å². The number of halogens is 1. The molecule has 0 radical (unpaired) electrons. The molecule has 15 heavy (non-hydrogen) atoms. The SMILES string of the molecule is Cc1cc(-c2ccc(C=O)c(F)c2)sn1. The summed E-state index contributed by atoms with van der Waals surface area (Å²) in [6.07, 6.45) is 0.511. The molecule has 0 bridgehead atoms. The number of benzene rings is 1. The van der Waals surface area contributed by atoms with Gasteiger partial charge < -0.3 is 0 Å². The van der Waals surface area contributed by atoms with Gasteiger partial charge in [-0.2, -0.15) is 4.37 Å². The van der Waals surface area contributed by atoms with Gasteiger partial charge in [-0.15, -0.1) is 0 Å². The van der Waals surface area contributed by atoms with Gasteiger partial charge in [-0.05, 0) is 42.2 Å². The summed E-state index contributed by atoms with van der Waals surface area (Å²) < 4.78 is 17.4. The third kappa shape index (κ3) is 1.94. The summed E-state index contributed by atoms with van der Waals surface area (Å²) in [5.41, 5.74) is 1.75. The zero-order valence-electron chi connectivity index (χ0n) is 8.03. The standard InChI is InChI=1S/C11H8FNOS/c1-7-4-11(15-13-7)8-2-3-9(6-14)10(12)5-8/h2-6H,1H3. The lowest BCUT2D eigenvalue weighted by Crippen LogP contribution is -1.87. The average Bonchev–Trinajstić information content (AvgIpc) is 2.65. The third-order valence-corrected chi connectivity index (χ3v) is 2.97. The van der Waals surface area contributed by atoms with Crippen molar-refractivity contribution in [3.05, 3.63) is 41.3 Å². The molecule has 0 N–H and O–H groups in total. The van der Waals surface area contributed by atoms with Gasteiger partial charge >= 0.3 is 0 Å². The van der Waals surface area contributed by atoms with Crippen molar-refractivity contribution >= 4 is 17.8 Å². The van der Waals surface area contributed by atoms with Crippen molar-refractivity contribution < 1.29 is 9.18 Å². The molecule has 0 saturated carbocycles. The van der Waals surface area contributed by atoms with E-state index in [4.69, 9.17) is 0 Å². The van der Waals surface area contributed by atoms with Crippen LogP contribution in [0.4, 0.5) is 4.39 Å². The number of rotatable bonds is 2. The molecule has 4 heteroatoms. The monoisotopic (exact) mass is 221 g/mol. The Hall–Kier alpha value is -1.55. The number of aldehydes is 1. The van der Waals surface area contributed by atoms with E-state index in [2.05, 4.69) is 4.37 Å². The number of carbonyl (C=O) groups is 1. The van der Waals surface area contributed by atoms with E-state index in [9.17, 15) is 9.18 Å². The highest BCUT2D eigenvalue weighted by atomic mass is 32.1. The lowest BCUT2D eigenvalue weighted by molar-refractivity contribution is 0.112. The van der Waals surface area contributed by atoms with E-state index in [0.29, 0.717) is 6.29 Å². The zero-order chi connectivity index (χ0) is 10.8. The summed E-state index contributed by atoms with van der Waals surface area (Å²) >= 11 is 1.32. The van der Waals surface area contributed by atoms with E-state index in [0.717, 1.165) is 16.1 Å². The van der Waals surface area contributed by atoms with Crippen LogP contribution in [0.2, 0.25) is 0 Å². The topological polar surface area (TPSA) is 30.0 Å². The van der Waals surface area contributed by atoms with E-state index in [1.807, 2.05) is 13.0 Å². The number of aromatic nitrogens is 1. The van der Waals surface area contributed by atoms with Crippen LogP contribution >= 0.6 is 11.5 Å². The van der Waals surface area contributed by atoms with E-state index < -0.39 is 5.82 Å². The molecule has 0 aliphatic heterocycles. The molecule has 0 amide bonds. The van der Waals surface area contributed by atoms with Crippen LogP contribution in [0.25, 0.3) is 10.4 Å². The van der Waals surface area contributed by atoms with Crippen LogP contribution in [0.5, 0.6) is 0 Å². The van der Waals surface area contributed by atoms with Gasteiger partial charge in [0.1, 0.15) is 5.82 Å². The molecule has 2 aromatic rings. The molecule has 76 valence electrons. The van der Waals surface area contributed by atoms with Crippen LogP contribution in [-0.4, -0.2) is 10.7 Å². The summed E-state index contributed by atoms with van der Waals surface area (Å²) in [6.45, 7) is 1.89. The maximum atomic E-state index is 13.3. The Morgan fingerprint density at radius 1 is 1.40 bits per heavy atom. The molecule has 1 heterocycles. The number of aryl methyl sites for hydroxylation is 1. The van der Waals surface area contributed by atoms with E-state index in [1.165, 1.54) is 23.7 Å². The van der Waals surface area contributed by atoms with Crippen LogP contribution < -0.4 is 0 Å². The molecule has 0 saturated heterocycles. The van der Waals surface area contributed by atoms with Crippen molar-refractivity contribution in [1.29, 1.82) is 0 Å². The highest BCUT2D eigenvalue weighted by Gasteiger charge is 2.06. The zero-order valence-corrected chi connectivity index (χ0v) is 8.84. The van der Waals surface area contributed by atoms with Crippen LogP contribution in [0.3, 0.4) is 0 Å². The van der Waals surface area contributed by atoms with Crippen molar-refractivity contribution in [3.63, 3.8) is 0 Å². The Balaban J connectivity index is 2.46. The smallest absolute Gasteiger partial charge is 0.152 e. The summed E-state index contributed by atoms with van der Waals surface area (Å²) in [5.74, 6) is -0.492. The summed E-state index contributed by atoms with van der Waals surface area (Å²) in [7, 11) is 0. The van der Waals surface area contributed by atoms with Gasteiger partial charge in [0.05, 0.1) is 16.1 Å². The molecule has 0 atom stereocenters. The Morgan fingerprint density at radius 3 is 2.73 bits per heavy atom. The summed E-state index contributed by atoms with van der Waals surface area (Å²) in [6, 6.07) is 6.45. The Kier molecular flexibility index (Phi) is 2.60. The Morgan fingerprint density at radius 2 is 2.20 bits per heavy atom. The van der Waals surface area contributed by atoms with Crippen LogP contribution in [-0.2, 0) is 0 Å². The van der Waals surface area contributed by atoms with Crippen LogP contribution in [0, 0.1) is 12.7 Å². The quantitative estimate of drug-likeness (QED) is 0.729. The van der Waals surface area contributed by atoms with Gasteiger partial charge in [-0.3, -0.25) is 4.79 Å². The van der Waals surface area contributed by atoms with Crippen LogP contribution in [0.15, 0.2) is 24.3 Å². The van der Waals surface area contributed by atoms with E-state index >= 15 is 0 Å². The largest absolute Gasteiger partial charge is 0.298 e. The minimum absolute atomic E-state index is 0.0833. The fourth-order valence-electron chi connectivity index (χ4n) is 1.28. The van der Waals surface area contributed by atoms with Gasteiger partial charge in [0, 0.05) is 0 Å². The maximum Gasteiger partial charge on any atom is 0.152 e. The number of carbonyl (C=O) groups excluding carboxylic acids is 1. The molecule has 0 spiro atoms. The second-order valence-electron chi connectivity index (χ2n) is 3.19. The first-order valence-electron chi connectivity index (χ1n) is 4.39. The van der Waals surface area contributed by atoms with Gasteiger partial charge in [-0.25, -0.2) is 4.39 Å². The second-order valence-corrected chi connectivity index (χ2v) is 3.99. The second kappa shape index (κ2) is 3.90. The first kappa shape index (κ1) is 9.98. The minimum Gasteiger partial charge on any atom is -0.298 e. The predicted molar refractivity (Wildman–Crippen MR) is 57.6 cm³/mol. The van der Waals surface area contributed by atoms with Crippen molar-refractivity contribution in [2.75, 3.05) is 0 Å². The van der Waals surface area contributed by atoms with Crippen molar-refractivity contribution in [3.8, 4) is 10.4 Å². The molecular formula is C11H8FNOS. The molecular weight excluding hydrogens is 213 g/mol. The summed E-state index contributed by atoms with van der Waals surface area (Å²) in [4.78, 5) is 11.3. The van der Waals surface area contributed by atoms with Gasteiger partial charge in [0.15, 0.2) is 6.29 Å². The average molecular weight is 221 g/mol. The number of nitrogens with zero attached hydrogens (tertiary/aromatic N) is 1. The molecule has 2 nitrogen and oxygen atoms in total. The normalized spacial score (nSPS) is 10.3. The fraction of sp³-hybridized carbons (Fsp3) is 0.0909. The molecule has 0 fully saturated rings. The summed E-state index contributed by atoms with van der Waals surface area (Å²) in [5, 5.41) is 0. The number of hydrogen-bond acceptors (Lipinski definition) is 3. The predicted octanol–water partition coefficient (Wildman–Crippen LogP) is 3.07. The first-order chi connectivity index (χ1) is 7.20. The van der Waals surface area contributed by atoms with Gasteiger partial charge in [0.25, 0.3) is 0 Å². The fourth-order valence-corrected chi connectivity index (χ4v) is 2.03. The lowest BCUT2D eigenvalue weighted by Gasteiger charge is -1.98. The molecule has 2 rings (SSSR count). The third-order valence-electron chi connectivity index (χ3n) is 2.04. The maximum absolute atomic E-state index is 13.3. The van der Waals surface area contributed by atoms with Crippen molar-refractivity contribution in [2.45, 2.75) is 6.92 Å². The van der Waals surface area contributed by atoms with Gasteiger partial charge in [0.2, 0.25) is 0 Å². The Bertz CT molecular complexity index is 507. The van der Waals surface area contributed by atoms with E-state index in [1.54, 1.807) is 6.07 Å². The van der Waals surface area contributed by atoms with Crippen molar-refractivity contribution in [1.82, 2.24) is 4.37 Å². The molecule has 1 aromatic heterocycles. The molecule has 0 unspecified atom stereocenters.